The highest BCUT2D eigenvalue weighted by atomic mass is 16.4. The number of amides is 3. The third-order valence-electron chi connectivity index (χ3n) is 2.92. The Labute approximate surface area is 112 Å². The minimum Gasteiger partial charge on any atom is -0.480 e. The first-order chi connectivity index (χ1) is 8.81. The van der Waals surface area contributed by atoms with Crippen molar-refractivity contribution in [1.29, 1.82) is 0 Å². The van der Waals surface area contributed by atoms with Crippen LogP contribution in [-0.4, -0.2) is 53.1 Å². The molecule has 7 heteroatoms. The van der Waals surface area contributed by atoms with E-state index in [0.29, 0.717) is 5.92 Å². The van der Waals surface area contributed by atoms with Crippen LogP contribution in [0.2, 0.25) is 0 Å². The quantitative estimate of drug-likeness (QED) is 0.671. The molecule has 3 N–H and O–H groups in total. The zero-order valence-electron chi connectivity index (χ0n) is 11.5. The zero-order chi connectivity index (χ0) is 14.6. The van der Waals surface area contributed by atoms with Gasteiger partial charge in [0, 0.05) is 12.6 Å². The van der Waals surface area contributed by atoms with E-state index in [2.05, 4.69) is 10.6 Å². The predicted octanol–water partition coefficient (Wildman–Crippen LogP) is 0.0156. The second-order valence-corrected chi connectivity index (χ2v) is 5.27. The molecule has 2 atom stereocenters. The van der Waals surface area contributed by atoms with Gasteiger partial charge in [-0.3, -0.25) is 9.69 Å². The fourth-order valence-electron chi connectivity index (χ4n) is 2.14. The summed E-state index contributed by atoms with van der Waals surface area (Å²) in [5, 5.41) is 14.2. The van der Waals surface area contributed by atoms with E-state index in [1.54, 1.807) is 0 Å². The summed E-state index contributed by atoms with van der Waals surface area (Å²) in [6, 6.07) is -1.58. The third kappa shape index (κ3) is 4.42. The van der Waals surface area contributed by atoms with E-state index < -0.39 is 18.0 Å². The van der Waals surface area contributed by atoms with E-state index >= 15 is 0 Å². The number of hydrogen-bond acceptors (Lipinski definition) is 3. The van der Waals surface area contributed by atoms with Crippen LogP contribution < -0.4 is 10.6 Å². The smallest absolute Gasteiger partial charge is 0.328 e. The monoisotopic (exact) mass is 271 g/mol. The van der Waals surface area contributed by atoms with E-state index in [4.69, 9.17) is 5.11 Å². The highest BCUT2D eigenvalue weighted by Gasteiger charge is 2.35. The molecule has 2 unspecified atom stereocenters. The van der Waals surface area contributed by atoms with Gasteiger partial charge in [0.1, 0.15) is 12.6 Å². The highest BCUT2D eigenvalue weighted by molar-refractivity contribution is 5.90. The van der Waals surface area contributed by atoms with Gasteiger partial charge in [-0.1, -0.05) is 13.8 Å². The van der Waals surface area contributed by atoms with Crippen LogP contribution in [-0.2, 0) is 9.59 Å². The second-order valence-electron chi connectivity index (χ2n) is 5.27. The summed E-state index contributed by atoms with van der Waals surface area (Å²) >= 11 is 0. The molecule has 1 fully saturated rings. The molecule has 0 aliphatic carbocycles. The van der Waals surface area contributed by atoms with Gasteiger partial charge < -0.3 is 15.7 Å². The molecule has 0 aromatic carbocycles. The van der Waals surface area contributed by atoms with Gasteiger partial charge in [0.25, 0.3) is 0 Å². The van der Waals surface area contributed by atoms with Crippen molar-refractivity contribution in [1.82, 2.24) is 15.5 Å². The van der Waals surface area contributed by atoms with Crippen LogP contribution in [0.1, 0.15) is 27.2 Å². The standard InChI is InChI=1S/C12H21N3O4/c1-7(2)4-8(3)14-12(19)15-6-10(16)13-5-9(15)11(17)18/h7-9H,4-6H2,1-3H3,(H,13,16)(H,14,19)(H,17,18). The van der Waals surface area contributed by atoms with Crippen LogP contribution in [0.4, 0.5) is 4.79 Å². The van der Waals surface area contributed by atoms with Crippen molar-refractivity contribution >= 4 is 17.9 Å². The van der Waals surface area contributed by atoms with Crippen molar-refractivity contribution < 1.29 is 19.5 Å². The lowest BCUT2D eigenvalue weighted by atomic mass is 10.1. The number of nitrogens with one attached hydrogen (secondary N) is 2. The Balaban J connectivity index is 2.65. The summed E-state index contributed by atoms with van der Waals surface area (Å²) in [6.45, 7) is 5.66. The normalized spacial score (nSPS) is 20.9. The Hall–Kier alpha value is -1.79. The summed E-state index contributed by atoms with van der Waals surface area (Å²) in [5.74, 6) is -1.04. The Morgan fingerprint density at radius 1 is 1.47 bits per heavy atom. The molecule has 0 radical (unpaired) electrons. The van der Waals surface area contributed by atoms with E-state index in [0.717, 1.165) is 11.3 Å². The molecule has 1 aliphatic heterocycles. The molecule has 1 saturated heterocycles. The number of carboxylic acids is 1. The number of rotatable bonds is 4. The van der Waals surface area contributed by atoms with Crippen molar-refractivity contribution in [3.05, 3.63) is 0 Å². The minimum absolute atomic E-state index is 0.0554. The van der Waals surface area contributed by atoms with Crippen LogP contribution in [0.25, 0.3) is 0 Å². The van der Waals surface area contributed by atoms with E-state index in [1.165, 1.54) is 0 Å². The van der Waals surface area contributed by atoms with Crippen molar-refractivity contribution in [3.8, 4) is 0 Å². The molecular weight excluding hydrogens is 250 g/mol. The fraction of sp³-hybridized carbons (Fsp3) is 0.750. The Kier molecular flexibility index (Phi) is 5.14. The number of carboxylic acid groups (broad SMARTS) is 1. The van der Waals surface area contributed by atoms with Gasteiger partial charge in [-0.25, -0.2) is 9.59 Å². The number of urea groups is 1. The average Bonchev–Trinajstić information content (AvgIpc) is 2.26. The minimum atomic E-state index is -1.12. The lowest BCUT2D eigenvalue weighted by Gasteiger charge is -2.33. The SMILES string of the molecule is CC(C)CC(C)NC(=O)N1CC(=O)NCC1C(=O)O. The molecule has 0 bridgehead atoms. The maximum absolute atomic E-state index is 12.0. The zero-order valence-corrected chi connectivity index (χ0v) is 11.5. The largest absolute Gasteiger partial charge is 0.480 e. The predicted molar refractivity (Wildman–Crippen MR) is 68.6 cm³/mol. The first-order valence-corrected chi connectivity index (χ1v) is 6.38. The van der Waals surface area contributed by atoms with E-state index in [1.807, 2.05) is 20.8 Å². The molecule has 19 heavy (non-hydrogen) atoms. The first-order valence-electron chi connectivity index (χ1n) is 6.38. The van der Waals surface area contributed by atoms with E-state index in [9.17, 15) is 14.4 Å². The summed E-state index contributed by atoms with van der Waals surface area (Å²) < 4.78 is 0. The van der Waals surface area contributed by atoms with Gasteiger partial charge in [-0.05, 0) is 19.3 Å². The lowest BCUT2D eigenvalue weighted by Crippen LogP contribution is -2.62. The summed E-state index contributed by atoms with van der Waals surface area (Å²) in [7, 11) is 0. The molecule has 7 nitrogen and oxygen atoms in total. The summed E-state index contributed by atoms with van der Waals surface area (Å²) in [6.07, 6.45) is 0.795. The van der Waals surface area contributed by atoms with Crippen molar-refractivity contribution in [3.63, 3.8) is 0 Å². The molecule has 1 aliphatic rings. The number of piperazine rings is 1. The molecule has 0 spiro atoms. The summed E-state index contributed by atoms with van der Waals surface area (Å²) in [5.41, 5.74) is 0. The van der Waals surface area contributed by atoms with Gasteiger partial charge >= 0.3 is 12.0 Å². The van der Waals surface area contributed by atoms with Crippen LogP contribution in [0.15, 0.2) is 0 Å². The Morgan fingerprint density at radius 3 is 2.63 bits per heavy atom. The molecule has 108 valence electrons. The Morgan fingerprint density at radius 2 is 2.11 bits per heavy atom. The average molecular weight is 271 g/mol. The molecule has 0 aromatic heterocycles. The molecule has 0 aromatic rings. The maximum atomic E-state index is 12.0. The molecule has 0 saturated carbocycles. The van der Waals surface area contributed by atoms with Crippen molar-refractivity contribution in [2.75, 3.05) is 13.1 Å². The number of nitrogens with zero attached hydrogens (tertiary/aromatic N) is 1. The summed E-state index contributed by atoms with van der Waals surface area (Å²) in [4.78, 5) is 35.4. The van der Waals surface area contributed by atoms with Gasteiger partial charge in [-0.2, -0.15) is 0 Å². The number of carbonyl (C=O) groups is 3. The van der Waals surface area contributed by atoms with Gasteiger partial charge in [0.15, 0.2) is 0 Å². The van der Waals surface area contributed by atoms with Crippen molar-refractivity contribution in [2.24, 2.45) is 5.92 Å². The molecule has 3 amide bonds. The van der Waals surface area contributed by atoms with Gasteiger partial charge in [-0.15, -0.1) is 0 Å². The molecular formula is C12H21N3O4. The van der Waals surface area contributed by atoms with Gasteiger partial charge in [0.2, 0.25) is 5.91 Å². The maximum Gasteiger partial charge on any atom is 0.328 e. The molecule has 1 heterocycles. The van der Waals surface area contributed by atoms with Crippen LogP contribution in [0, 0.1) is 5.92 Å². The van der Waals surface area contributed by atoms with Crippen molar-refractivity contribution in [2.45, 2.75) is 39.3 Å². The third-order valence-corrected chi connectivity index (χ3v) is 2.92. The molecule has 1 rings (SSSR count). The van der Waals surface area contributed by atoms with E-state index in [-0.39, 0.29) is 25.0 Å². The highest BCUT2D eigenvalue weighted by Crippen LogP contribution is 2.08. The number of aliphatic carboxylic acids is 1. The number of carbonyl (C=O) groups excluding carboxylic acids is 2. The van der Waals surface area contributed by atoms with Crippen LogP contribution in [0.3, 0.4) is 0 Å². The lowest BCUT2D eigenvalue weighted by molar-refractivity contribution is -0.144. The Bertz CT molecular complexity index is 370. The second kappa shape index (κ2) is 6.40. The van der Waals surface area contributed by atoms with Gasteiger partial charge in [0.05, 0.1) is 0 Å². The fourth-order valence-corrected chi connectivity index (χ4v) is 2.14. The van der Waals surface area contributed by atoms with Crippen LogP contribution >= 0.6 is 0 Å². The number of hydrogen-bond donors (Lipinski definition) is 3. The first kappa shape index (κ1) is 15.3. The topological polar surface area (TPSA) is 98.7 Å². The van der Waals surface area contributed by atoms with Crippen LogP contribution in [0.5, 0.6) is 0 Å².